The van der Waals surface area contributed by atoms with Gasteiger partial charge < -0.3 is 4.90 Å². The smallest absolute Gasteiger partial charge is 0.237 e. The molecule has 4 nitrogen and oxygen atoms in total. The van der Waals surface area contributed by atoms with Gasteiger partial charge in [-0.15, -0.1) is 0 Å². The molecule has 0 saturated carbocycles. The molecule has 0 bridgehead atoms. The van der Waals surface area contributed by atoms with Gasteiger partial charge in [0.15, 0.2) is 5.78 Å². The summed E-state index contributed by atoms with van der Waals surface area (Å²) in [5.41, 5.74) is 0.174. The van der Waals surface area contributed by atoms with Crippen molar-refractivity contribution in [1.82, 2.24) is 0 Å². The summed E-state index contributed by atoms with van der Waals surface area (Å²) >= 11 is 3.16. The topological polar surface area (TPSA) is 61.2 Å². The number of anilines is 1. The average molecular weight is 339 g/mol. The van der Waals surface area contributed by atoms with Crippen LogP contribution in [0.5, 0.6) is 0 Å². The molecule has 1 fully saturated rings. The van der Waals surface area contributed by atoms with E-state index in [0.29, 0.717) is 23.9 Å². The van der Waals surface area contributed by atoms with Gasteiger partial charge in [-0.25, -0.2) is 4.39 Å². The first-order valence-electron chi connectivity index (χ1n) is 6.20. The summed E-state index contributed by atoms with van der Waals surface area (Å²) in [5.74, 6) is -2.15. The zero-order valence-corrected chi connectivity index (χ0v) is 12.2. The molecule has 0 unspecified atom stereocenters. The standard InChI is InChI=1S/C14H12BrFN2O2/c15-9-3-4-12(11(16)8-9)18-7-1-2-10(14(18)20)13(19)5-6-17/h3-4,8,10H,1-2,5,7H2/t10-/m1/s1. The Morgan fingerprint density at radius 2 is 2.30 bits per heavy atom. The Bertz CT molecular complexity index is 597. The van der Waals surface area contributed by atoms with E-state index < -0.39 is 17.6 Å². The van der Waals surface area contributed by atoms with Gasteiger partial charge in [0.1, 0.15) is 5.82 Å². The Morgan fingerprint density at radius 3 is 2.95 bits per heavy atom. The fraction of sp³-hybridized carbons (Fsp3) is 0.357. The third-order valence-corrected chi connectivity index (χ3v) is 3.77. The van der Waals surface area contributed by atoms with Crippen LogP contribution < -0.4 is 4.90 Å². The number of carbonyl (C=O) groups excluding carboxylic acids is 2. The Morgan fingerprint density at radius 1 is 1.55 bits per heavy atom. The van der Waals surface area contributed by atoms with Crippen LogP contribution in [-0.4, -0.2) is 18.2 Å². The van der Waals surface area contributed by atoms with Crippen molar-refractivity contribution in [3.63, 3.8) is 0 Å². The summed E-state index contributed by atoms with van der Waals surface area (Å²) < 4.78 is 14.5. The average Bonchev–Trinajstić information content (AvgIpc) is 2.40. The van der Waals surface area contributed by atoms with Crippen LogP contribution in [0.25, 0.3) is 0 Å². The summed E-state index contributed by atoms with van der Waals surface area (Å²) in [6.07, 6.45) is 0.754. The Labute approximate surface area is 124 Å². The lowest BCUT2D eigenvalue weighted by Crippen LogP contribution is -2.44. The largest absolute Gasteiger partial charge is 0.309 e. The van der Waals surface area contributed by atoms with Crippen molar-refractivity contribution in [2.75, 3.05) is 11.4 Å². The summed E-state index contributed by atoms with van der Waals surface area (Å²) in [4.78, 5) is 25.3. The molecule has 1 saturated heterocycles. The molecule has 1 heterocycles. The summed E-state index contributed by atoms with van der Waals surface area (Å²) in [7, 11) is 0. The van der Waals surface area contributed by atoms with Crippen molar-refractivity contribution >= 4 is 33.3 Å². The number of benzene rings is 1. The maximum absolute atomic E-state index is 13.9. The SMILES string of the molecule is N#CCC(=O)[C@H]1CCCN(c2ccc(Br)cc2F)C1=O. The third kappa shape index (κ3) is 2.88. The first kappa shape index (κ1) is 14.7. The van der Waals surface area contributed by atoms with E-state index in [0.717, 1.165) is 0 Å². The van der Waals surface area contributed by atoms with Crippen LogP contribution in [0.1, 0.15) is 19.3 Å². The van der Waals surface area contributed by atoms with Crippen LogP contribution in [0.2, 0.25) is 0 Å². The highest BCUT2D eigenvalue weighted by atomic mass is 79.9. The van der Waals surface area contributed by atoms with Gasteiger partial charge >= 0.3 is 0 Å². The number of nitrogens with zero attached hydrogens (tertiary/aromatic N) is 2. The lowest BCUT2D eigenvalue weighted by molar-refractivity contribution is -0.133. The number of amides is 1. The van der Waals surface area contributed by atoms with Gasteiger partial charge in [0.25, 0.3) is 0 Å². The molecule has 2 rings (SSSR count). The number of Topliss-reactive ketones (excluding diaryl/α,β-unsaturated/α-hetero) is 1. The molecule has 6 heteroatoms. The van der Waals surface area contributed by atoms with Crippen molar-refractivity contribution in [3.8, 4) is 6.07 Å². The lowest BCUT2D eigenvalue weighted by Gasteiger charge is -2.31. The van der Waals surface area contributed by atoms with Crippen LogP contribution >= 0.6 is 15.9 Å². The number of halogens is 2. The monoisotopic (exact) mass is 338 g/mol. The van der Waals surface area contributed by atoms with E-state index in [9.17, 15) is 14.0 Å². The van der Waals surface area contributed by atoms with Crippen molar-refractivity contribution in [2.45, 2.75) is 19.3 Å². The van der Waals surface area contributed by atoms with Crippen LogP contribution in [-0.2, 0) is 9.59 Å². The van der Waals surface area contributed by atoms with Gasteiger partial charge in [0.05, 0.1) is 24.1 Å². The van der Waals surface area contributed by atoms with Crippen molar-refractivity contribution in [2.24, 2.45) is 5.92 Å². The Hall–Kier alpha value is -1.74. The molecule has 0 N–H and O–H groups in total. The molecule has 1 atom stereocenters. The first-order chi connectivity index (χ1) is 9.54. The van der Waals surface area contributed by atoms with E-state index in [1.165, 1.54) is 17.0 Å². The molecule has 1 aliphatic rings. The van der Waals surface area contributed by atoms with Gasteiger partial charge in [0.2, 0.25) is 5.91 Å². The maximum atomic E-state index is 13.9. The second-order valence-corrected chi connectivity index (χ2v) is 5.50. The number of rotatable bonds is 3. The second kappa shape index (κ2) is 6.14. The van der Waals surface area contributed by atoms with Crippen LogP contribution in [0.3, 0.4) is 0 Å². The van der Waals surface area contributed by atoms with Gasteiger partial charge in [-0.05, 0) is 31.0 Å². The molecule has 1 aliphatic heterocycles. The highest BCUT2D eigenvalue weighted by molar-refractivity contribution is 9.10. The number of ketones is 1. The minimum absolute atomic E-state index is 0.174. The maximum Gasteiger partial charge on any atom is 0.237 e. The lowest BCUT2D eigenvalue weighted by atomic mass is 9.91. The van der Waals surface area contributed by atoms with Gasteiger partial charge in [-0.3, -0.25) is 9.59 Å². The van der Waals surface area contributed by atoms with Crippen molar-refractivity contribution in [3.05, 3.63) is 28.5 Å². The number of nitriles is 1. The highest BCUT2D eigenvalue weighted by Crippen LogP contribution is 2.29. The van der Waals surface area contributed by atoms with Gasteiger partial charge in [0, 0.05) is 11.0 Å². The Balaban J connectivity index is 2.26. The van der Waals surface area contributed by atoms with E-state index in [-0.39, 0.29) is 17.9 Å². The van der Waals surface area contributed by atoms with Gasteiger partial charge in [-0.1, -0.05) is 15.9 Å². The van der Waals surface area contributed by atoms with Crippen LogP contribution in [0.15, 0.2) is 22.7 Å². The van der Waals surface area contributed by atoms with Crippen LogP contribution in [0, 0.1) is 23.1 Å². The number of carbonyl (C=O) groups is 2. The van der Waals surface area contributed by atoms with E-state index in [4.69, 9.17) is 5.26 Å². The zero-order valence-electron chi connectivity index (χ0n) is 10.6. The third-order valence-electron chi connectivity index (χ3n) is 3.28. The molecule has 0 aliphatic carbocycles. The molecule has 0 aromatic heterocycles. The van der Waals surface area contributed by atoms with Crippen molar-refractivity contribution in [1.29, 1.82) is 5.26 Å². The summed E-state index contributed by atoms with van der Waals surface area (Å²) in [6, 6.07) is 6.19. The molecule has 20 heavy (non-hydrogen) atoms. The fourth-order valence-electron chi connectivity index (χ4n) is 2.31. The zero-order chi connectivity index (χ0) is 14.7. The number of piperidine rings is 1. The Kier molecular flexibility index (Phi) is 4.50. The second-order valence-electron chi connectivity index (χ2n) is 4.58. The van der Waals surface area contributed by atoms with Crippen molar-refractivity contribution < 1.29 is 14.0 Å². The molecule has 1 aromatic rings. The minimum atomic E-state index is -0.827. The fourth-order valence-corrected chi connectivity index (χ4v) is 2.65. The quantitative estimate of drug-likeness (QED) is 0.796. The minimum Gasteiger partial charge on any atom is -0.309 e. The highest BCUT2D eigenvalue weighted by Gasteiger charge is 2.35. The first-order valence-corrected chi connectivity index (χ1v) is 7.00. The van der Waals surface area contributed by atoms with E-state index in [2.05, 4.69) is 15.9 Å². The molecule has 1 amide bonds. The molecule has 0 spiro atoms. The molecular weight excluding hydrogens is 327 g/mol. The van der Waals surface area contributed by atoms with E-state index in [1.54, 1.807) is 12.1 Å². The predicted octanol–water partition coefficient (Wildman–Crippen LogP) is 2.81. The summed E-state index contributed by atoms with van der Waals surface area (Å²) in [6.45, 7) is 0.383. The van der Waals surface area contributed by atoms with Crippen LogP contribution in [0.4, 0.5) is 10.1 Å². The number of hydrogen-bond acceptors (Lipinski definition) is 3. The predicted molar refractivity (Wildman–Crippen MR) is 74.4 cm³/mol. The molecule has 1 aromatic carbocycles. The van der Waals surface area contributed by atoms with E-state index in [1.807, 2.05) is 0 Å². The summed E-state index contributed by atoms with van der Waals surface area (Å²) in [5, 5.41) is 8.55. The molecule has 0 radical (unpaired) electrons. The van der Waals surface area contributed by atoms with E-state index >= 15 is 0 Å². The van der Waals surface area contributed by atoms with Gasteiger partial charge in [-0.2, -0.15) is 5.26 Å². The normalized spacial score (nSPS) is 18.8. The number of hydrogen-bond donors (Lipinski definition) is 0. The molecular formula is C14H12BrFN2O2. The molecule has 104 valence electrons.